The van der Waals surface area contributed by atoms with E-state index in [4.69, 9.17) is 0 Å². The number of amides is 2. The van der Waals surface area contributed by atoms with E-state index in [-0.39, 0.29) is 6.03 Å². The van der Waals surface area contributed by atoms with Crippen molar-refractivity contribution >= 4 is 33.3 Å². The average Bonchev–Trinajstić information content (AvgIpc) is 2.95. The van der Waals surface area contributed by atoms with Crippen molar-refractivity contribution in [3.05, 3.63) is 50.9 Å². The first-order chi connectivity index (χ1) is 11.0. The molecule has 1 N–H and O–H groups in total. The van der Waals surface area contributed by atoms with Crippen LogP contribution in [0.1, 0.15) is 10.4 Å². The van der Waals surface area contributed by atoms with Gasteiger partial charge in [-0.2, -0.15) is 0 Å². The molecule has 2 aromatic rings. The summed E-state index contributed by atoms with van der Waals surface area (Å²) in [4.78, 5) is 21.6. The van der Waals surface area contributed by atoms with Crippen molar-refractivity contribution in [3.63, 3.8) is 0 Å². The van der Waals surface area contributed by atoms with E-state index in [2.05, 4.69) is 31.1 Å². The number of carbonyl (C=O) groups excluding carboxylic acids is 1. The quantitative estimate of drug-likeness (QED) is 0.781. The lowest BCUT2D eigenvalue weighted by molar-refractivity contribution is 0.188. The maximum Gasteiger partial charge on any atom is 0.318 e. The predicted molar refractivity (Wildman–Crippen MR) is 97.5 cm³/mol. The third kappa shape index (κ3) is 6.29. The molecule has 0 fully saturated rings. The van der Waals surface area contributed by atoms with Gasteiger partial charge in [-0.3, -0.25) is 4.98 Å². The minimum absolute atomic E-state index is 0.0553. The van der Waals surface area contributed by atoms with Crippen LogP contribution in [0, 0.1) is 0 Å². The Labute approximate surface area is 149 Å². The molecule has 2 aromatic heterocycles. The highest BCUT2D eigenvalue weighted by Gasteiger charge is 2.14. The zero-order valence-corrected chi connectivity index (χ0v) is 15.7. The van der Waals surface area contributed by atoms with Gasteiger partial charge in [0.1, 0.15) is 0 Å². The van der Waals surface area contributed by atoms with E-state index in [1.807, 2.05) is 43.3 Å². The molecule has 0 saturated heterocycles. The Bertz CT molecular complexity index is 618. The van der Waals surface area contributed by atoms with Crippen molar-refractivity contribution in [1.82, 2.24) is 20.1 Å². The molecule has 0 radical (unpaired) electrons. The highest BCUT2D eigenvalue weighted by molar-refractivity contribution is 9.11. The van der Waals surface area contributed by atoms with Crippen LogP contribution >= 0.6 is 27.3 Å². The molecule has 0 spiro atoms. The molecule has 7 heteroatoms. The maximum atomic E-state index is 12.5. The molecule has 23 heavy (non-hydrogen) atoms. The fourth-order valence-corrected chi connectivity index (χ4v) is 3.43. The van der Waals surface area contributed by atoms with Crippen LogP contribution < -0.4 is 5.32 Å². The van der Waals surface area contributed by atoms with Gasteiger partial charge in [-0.1, -0.05) is 6.07 Å². The number of urea groups is 1. The number of nitrogens with one attached hydrogen (secondary N) is 1. The van der Waals surface area contributed by atoms with Crippen molar-refractivity contribution in [2.75, 3.05) is 27.2 Å². The van der Waals surface area contributed by atoms with Crippen LogP contribution in [0.4, 0.5) is 4.79 Å². The minimum atomic E-state index is -0.0553. The lowest BCUT2D eigenvalue weighted by Gasteiger charge is -2.24. The first-order valence-corrected chi connectivity index (χ1v) is 8.96. The van der Waals surface area contributed by atoms with Crippen LogP contribution in [0.3, 0.4) is 0 Å². The first-order valence-electron chi connectivity index (χ1n) is 7.35. The predicted octanol–water partition coefficient (Wildman–Crippen LogP) is 3.18. The van der Waals surface area contributed by atoms with E-state index in [1.54, 1.807) is 23.7 Å². The van der Waals surface area contributed by atoms with Gasteiger partial charge in [-0.15, -0.1) is 11.3 Å². The summed E-state index contributed by atoms with van der Waals surface area (Å²) in [7, 11) is 4.01. The molecular formula is C16H21BrN4OS. The van der Waals surface area contributed by atoms with Crippen molar-refractivity contribution in [2.24, 2.45) is 0 Å². The van der Waals surface area contributed by atoms with Crippen LogP contribution in [0.2, 0.25) is 0 Å². The molecule has 5 nitrogen and oxygen atoms in total. The average molecular weight is 397 g/mol. The molecule has 2 rings (SSSR count). The number of nitrogens with zero attached hydrogens (tertiary/aromatic N) is 3. The second kappa shape index (κ2) is 9.00. The van der Waals surface area contributed by atoms with E-state index in [0.717, 1.165) is 20.8 Å². The van der Waals surface area contributed by atoms with Gasteiger partial charge in [0.05, 0.1) is 10.3 Å². The number of likely N-dealkylation sites (N-methyl/N-ethyl adjacent to an activating group) is 1. The molecule has 0 aliphatic rings. The normalized spacial score (nSPS) is 10.8. The van der Waals surface area contributed by atoms with Gasteiger partial charge in [-0.25, -0.2) is 4.79 Å². The summed E-state index contributed by atoms with van der Waals surface area (Å²) in [6, 6.07) is 7.83. The maximum absolute atomic E-state index is 12.5. The van der Waals surface area contributed by atoms with Crippen molar-refractivity contribution in [2.45, 2.75) is 13.1 Å². The largest absolute Gasteiger partial charge is 0.333 e. The molecule has 2 heterocycles. The van der Waals surface area contributed by atoms with Gasteiger partial charge in [0.15, 0.2) is 0 Å². The highest BCUT2D eigenvalue weighted by Crippen LogP contribution is 2.21. The molecule has 0 aliphatic carbocycles. The second-order valence-electron chi connectivity index (χ2n) is 5.45. The van der Waals surface area contributed by atoms with E-state index in [0.29, 0.717) is 19.6 Å². The molecule has 0 atom stereocenters. The fraction of sp³-hybridized carbons (Fsp3) is 0.375. The third-order valence-electron chi connectivity index (χ3n) is 3.24. The Balaban J connectivity index is 1.95. The van der Waals surface area contributed by atoms with Gasteiger partial charge in [-0.05, 0) is 53.8 Å². The molecule has 0 bridgehead atoms. The Morgan fingerprint density at radius 2 is 2.13 bits per heavy atom. The summed E-state index contributed by atoms with van der Waals surface area (Å²) in [6.45, 7) is 2.59. The molecular weight excluding hydrogens is 376 g/mol. The minimum Gasteiger partial charge on any atom is -0.333 e. The van der Waals surface area contributed by atoms with Gasteiger partial charge < -0.3 is 15.1 Å². The highest BCUT2D eigenvalue weighted by atomic mass is 79.9. The van der Waals surface area contributed by atoms with Crippen LogP contribution in [0.5, 0.6) is 0 Å². The number of thiophene rings is 1. The molecule has 0 aromatic carbocycles. The van der Waals surface area contributed by atoms with E-state index in [9.17, 15) is 4.79 Å². The van der Waals surface area contributed by atoms with Gasteiger partial charge in [0.25, 0.3) is 0 Å². The number of rotatable bonds is 7. The summed E-state index contributed by atoms with van der Waals surface area (Å²) in [5, 5.41) is 2.99. The van der Waals surface area contributed by atoms with Crippen LogP contribution in [0.25, 0.3) is 0 Å². The van der Waals surface area contributed by atoms with Gasteiger partial charge in [0.2, 0.25) is 0 Å². The van der Waals surface area contributed by atoms with Crippen LogP contribution in [-0.4, -0.2) is 48.0 Å². The SMILES string of the molecule is CN(C)CCN(Cc1cccnc1)C(=O)NCc1ccc(Br)s1. The topological polar surface area (TPSA) is 48.5 Å². The molecule has 0 aliphatic heterocycles. The summed E-state index contributed by atoms with van der Waals surface area (Å²) in [5.41, 5.74) is 1.03. The van der Waals surface area contributed by atoms with Crippen molar-refractivity contribution in [1.29, 1.82) is 0 Å². The fourth-order valence-electron chi connectivity index (χ4n) is 2.01. The Kier molecular flexibility index (Phi) is 7.01. The molecule has 2 amide bonds. The number of pyridine rings is 1. The summed E-state index contributed by atoms with van der Waals surface area (Å²) >= 11 is 5.06. The number of hydrogen-bond donors (Lipinski definition) is 1. The van der Waals surface area contributed by atoms with Gasteiger partial charge >= 0.3 is 6.03 Å². The molecule has 0 saturated carbocycles. The monoisotopic (exact) mass is 396 g/mol. The van der Waals surface area contributed by atoms with Crippen LogP contribution in [-0.2, 0) is 13.1 Å². The smallest absolute Gasteiger partial charge is 0.318 e. The van der Waals surface area contributed by atoms with E-state index < -0.39 is 0 Å². The van der Waals surface area contributed by atoms with Crippen LogP contribution in [0.15, 0.2) is 40.4 Å². The molecule has 124 valence electrons. The Morgan fingerprint density at radius 1 is 1.30 bits per heavy atom. The Hall–Kier alpha value is -1.44. The van der Waals surface area contributed by atoms with Crippen molar-refractivity contribution < 1.29 is 4.79 Å². The number of aromatic nitrogens is 1. The van der Waals surface area contributed by atoms with E-state index in [1.165, 1.54) is 0 Å². The summed E-state index contributed by atoms with van der Waals surface area (Å²) in [6.07, 6.45) is 3.54. The van der Waals surface area contributed by atoms with Crippen molar-refractivity contribution in [3.8, 4) is 0 Å². The first kappa shape index (κ1) is 17.9. The van der Waals surface area contributed by atoms with Gasteiger partial charge in [0, 0.05) is 36.9 Å². The van der Waals surface area contributed by atoms with E-state index >= 15 is 0 Å². The third-order valence-corrected chi connectivity index (χ3v) is 4.87. The second-order valence-corrected chi connectivity index (χ2v) is 8.00. The number of carbonyl (C=O) groups is 1. The zero-order valence-electron chi connectivity index (χ0n) is 13.3. The lowest BCUT2D eigenvalue weighted by atomic mass is 10.2. The number of halogens is 1. The Morgan fingerprint density at radius 3 is 2.74 bits per heavy atom. The lowest BCUT2D eigenvalue weighted by Crippen LogP contribution is -2.42. The summed E-state index contributed by atoms with van der Waals surface area (Å²) in [5.74, 6) is 0. The molecule has 0 unspecified atom stereocenters. The number of hydrogen-bond acceptors (Lipinski definition) is 4. The standard InChI is InChI=1S/C16H21BrN4OS/c1-20(2)8-9-21(12-13-4-3-7-18-10-13)16(22)19-11-14-5-6-15(17)23-14/h3-7,10H,8-9,11-12H2,1-2H3,(H,19,22). The summed E-state index contributed by atoms with van der Waals surface area (Å²) < 4.78 is 1.07. The zero-order chi connectivity index (χ0) is 16.7.